The smallest absolute Gasteiger partial charge is 0.221 e. The van der Waals surface area contributed by atoms with Crippen molar-refractivity contribution in [1.29, 1.82) is 0 Å². The van der Waals surface area contributed by atoms with Crippen LogP contribution >= 0.6 is 0 Å². The number of fused-ring (bicyclic) bond motifs is 1. The first-order chi connectivity index (χ1) is 8.19. The number of nitrogens with one attached hydrogen (secondary N) is 3. The standard InChI is InChI=1S/C11H15N5O/c1-13-10(17)4-5-14-11-15-8-3-2-7(12)6-9(8)16-11/h2-3,6H,4-5,12H2,1H3,(H,13,17)(H2,14,15,16). The average molecular weight is 233 g/mol. The van der Waals surface area contributed by atoms with Gasteiger partial charge in [-0.3, -0.25) is 4.79 Å². The molecule has 0 aliphatic carbocycles. The molecular formula is C11H15N5O. The zero-order chi connectivity index (χ0) is 12.3. The third-order valence-electron chi connectivity index (χ3n) is 2.43. The van der Waals surface area contributed by atoms with Crippen LogP contribution in [-0.2, 0) is 4.79 Å². The summed E-state index contributed by atoms with van der Waals surface area (Å²) in [4.78, 5) is 18.4. The van der Waals surface area contributed by atoms with Gasteiger partial charge in [0.2, 0.25) is 11.9 Å². The minimum atomic E-state index is -0.00199. The van der Waals surface area contributed by atoms with Gasteiger partial charge >= 0.3 is 0 Å². The molecule has 0 bridgehead atoms. The maximum absolute atomic E-state index is 11.0. The van der Waals surface area contributed by atoms with Crippen LogP contribution in [0.1, 0.15) is 6.42 Å². The van der Waals surface area contributed by atoms with Gasteiger partial charge in [0.25, 0.3) is 0 Å². The Morgan fingerprint density at radius 3 is 3.12 bits per heavy atom. The van der Waals surface area contributed by atoms with Crippen LogP contribution in [0.25, 0.3) is 11.0 Å². The summed E-state index contributed by atoms with van der Waals surface area (Å²) in [7, 11) is 1.62. The van der Waals surface area contributed by atoms with Gasteiger partial charge in [0.1, 0.15) is 0 Å². The normalized spacial score (nSPS) is 10.4. The van der Waals surface area contributed by atoms with Gasteiger partial charge < -0.3 is 21.4 Å². The minimum absolute atomic E-state index is 0.00199. The lowest BCUT2D eigenvalue weighted by molar-refractivity contribution is -0.120. The molecule has 0 atom stereocenters. The Bertz CT molecular complexity index is 534. The van der Waals surface area contributed by atoms with E-state index in [0.29, 0.717) is 24.6 Å². The second-order valence-corrected chi connectivity index (χ2v) is 3.71. The topological polar surface area (TPSA) is 95.8 Å². The second kappa shape index (κ2) is 4.73. The number of nitrogens with two attached hydrogens (primary N) is 1. The van der Waals surface area contributed by atoms with Crippen molar-refractivity contribution in [2.45, 2.75) is 6.42 Å². The van der Waals surface area contributed by atoms with Crippen LogP contribution in [-0.4, -0.2) is 29.5 Å². The van der Waals surface area contributed by atoms with Gasteiger partial charge in [-0.25, -0.2) is 4.98 Å². The monoisotopic (exact) mass is 233 g/mol. The van der Waals surface area contributed by atoms with Crippen molar-refractivity contribution in [2.24, 2.45) is 0 Å². The lowest BCUT2D eigenvalue weighted by Crippen LogP contribution is -2.21. The molecule has 0 aliphatic rings. The maximum atomic E-state index is 11.0. The molecule has 0 saturated heterocycles. The number of rotatable bonds is 4. The number of H-pyrrole nitrogens is 1. The predicted octanol–water partition coefficient (Wildman–Crippen LogP) is 0.693. The number of aromatic nitrogens is 2. The molecule has 0 aliphatic heterocycles. The quantitative estimate of drug-likeness (QED) is 0.584. The van der Waals surface area contributed by atoms with Crippen molar-refractivity contribution in [2.75, 3.05) is 24.6 Å². The molecule has 0 radical (unpaired) electrons. The molecule has 2 rings (SSSR count). The molecule has 0 unspecified atom stereocenters. The number of benzene rings is 1. The van der Waals surface area contributed by atoms with Gasteiger partial charge in [-0.2, -0.15) is 0 Å². The molecule has 0 fully saturated rings. The third kappa shape index (κ3) is 2.66. The van der Waals surface area contributed by atoms with Crippen LogP contribution in [0.3, 0.4) is 0 Å². The lowest BCUT2D eigenvalue weighted by Gasteiger charge is -2.01. The van der Waals surface area contributed by atoms with Crippen LogP contribution in [0.2, 0.25) is 0 Å². The highest BCUT2D eigenvalue weighted by Gasteiger charge is 2.03. The molecule has 0 spiro atoms. The minimum Gasteiger partial charge on any atom is -0.399 e. The predicted molar refractivity (Wildman–Crippen MR) is 67.7 cm³/mol. The molecule has 1 amide bonds. The Kier molecular flexibility index (Phi) is 3.13. The Morgan fingerprint density at radius 1 is 1.53 bits per heavy atom. The van der Waals surface area contributed by atoms with Crippen molar-refractivity contribution >= 4 is 28.6 Å². The van der Waals surface area contributed by atoms with Gasteiger partial charge in [-0.05, 0) is 18.2 Å². The van der Waals surface area contributed by atoms with E-state index in [-0.39, 0.29) is 5.91 Å². The van der Waals surface area contributed by atoms with E-state index in [1.807, 2.05) is 12.1 Å². The first-order valence-electron chi connectivity index (χ1n) is 5.39. The molecule has 90 valence electrons. The van der Waals surface area contributed by atoms with Gasteiger partial charge in [-0.1, -0.05) is 0 Å². The Labute approximate surface area is 98.6 Å². The Hall–Kier alpha value is -2.24. The summed E-state index contributed by atoms with van der Waals surface area (Å²) in [6, 6.07) is 5.48. The van der Waals surface area contributed by atoms with Crippen LogP contribution in [0, 0.1) is 0 Å². The van der Waals surface area contributed by atoms with Gasteiger partial charge in [-0.15, -0.1) is 0 Å². The van der Waals surface area contributed by atoms with E-state index in [1.54, 1.807) is 13.1 Å². The summed E-state index contributed by atoms with van der Waals surface area (Å²) in [6.45, 7) is 0.537. The molecule has 1 aromatic heterocycles. The van der Waals surface area contributed by atoms with E-state index < -0.39 is 0 Å². The fraction of sp³-hybridized carbons (Fsp3) is 0.273. The van der Waals surface area contributed by atoms with Crippen LogP contribution in [0.4, 0.5) is 11.6 Å². The summed E-state index contributed by atoms with van der Waals surface area (Å²) < 4.78 is 0. The van der Waals surface area contributed by atoms with Crippen LogP contribution in [0.5, 0.6) is 0 Å². The molecule has 1 heterocycles. The van der Waals surface area contributed by atoms with E-state index in [4.69, 9.17) is 5.73 Å². The molecule has 1 aromatic carbocycles. The van der Waals surface area contributed by atoms with E-state index in [9.17, 15) is 4.79 Å². The van der Waals surface area contributed by atoms with Crippen molar-refractivity contribution in [3.63, 3.8) is 0 Å². The average Bonchev–Trinajstić information content (AvgIpc) is 2.70. The number of carbonyl (C=O) groups is 1. The third-order valence-corrected chi connectivity index (χ3v) is 2.43. The fourth-order valence-corrected chi connectivity index (χ4v) is 1.53. The van der Waals surface area contributed by atoms with E-state index >= 15 is 0 Å². The summed E-state index contributed by atoms with van der Waals surface area (Å²) >= 11 is 0. The number of hydrogen-bond donors (Lipinski definition) is 4. The number of nitrogens with zero attached hydrogens (tertiary/aromatic N) is 1. The molecule has 17 heavy (non-hydrogen) atoms. The number of anilines is 2. The highest BCUT2D eigenvalue weighted by molar-refractivity contribution is 5.81. The maximum Gasteiger partial charge on any atom is 0.221 e. The summed E-state index contributed by atoms with van der Waals surface area (Å²) in [6.07, 6.45) is 0.412. The first-order valence-corrected chi connectivity index (χ1v) is 5.39. The molecule has 0 saturated carbocycles. The molecule has 2 aromatic rings. The Balaban J connectivity index is 2.02. The summed E-state index contributed by atoms with van der Waals surface area (Å²) in [5.74, 6) is 0.646. The lowest BCUT2D eigenvalue weighted by atomic mass is 10.3. The summed E-state index contributed by atoms with van der Waals surface area (Å²) in [5, 5.41) is 5.61. The molecule has 6 nitrogen and oxygen atoms in total. The van der Waals surface area contributed by atoms with Crippen LogP contribution < -0.4 is 16.4 Å². The number of imidazole rings is 1. The van der Waals surface area contributed by atoms with Gasteiger partial charge in [0, 0.05) is 25.7 Å². The number of carbonyl (C=O) groups excluding carboxylic acids is 1. The highest BCUT2D eigenvalue weighted by atomic mass is 16.1. The number of nitrogen functional groups attached to an aromatic ring is 1. The van der Waals surface area contributed by atoms with E-state index in [0.717, 1.165) is 11.0 Å². The van der Waals surface area contributed by atoms with Crippen molar-refractivity contribution in [3.8, 4) is 0 Å². The highest BCUT2D eigenvalue weighted by Crippen LogP contribution is 2.16. The SMILES string of the molecule is CNC(=O)CCNc1nc2ccc(N)cc2[nH]1. The first kappa shape index (κ1) is 11.3. The van der Waals surface area contributed by atoms with Crippen LogP contribution in [0.15, 0.2) is 18.2 Å². The number of hydrogen-bond acceptors (Lipinski definition) is 4. The number of aromatic amines is 1. The van der Waals surface area contributed by atoms with Gasteiger partial charge in [0.05, 0.1) is 11.0 Å². The Morgan fingerprint density at radius 2 is 2.35 bits per heavy atom. The molecule has 5 N–H and O–H groups in total. The number of amides is 1. The van der Waals surface area contributed by atoms with E-state index in [1.165, 1.54) is 0 Å². The zero-order valence-electron chi connectivity index (χ0n) is 9.58. The fourth-order valence-electron chi connectivity index (χ4n) is 1.53. The van der Waals surface area contributed by atoms with Crippen molar-refractivity contribution < 1.29 is 4.79 Å². The second-order valence-electron chi connectivity index (χ2n) is 3.71. The van der Waals surface area contributed by atoms with E-state index in [2.05, 4.69) is 20.6 Å². The summed E-state index contributed by atoms with van der Waals surface area (Å²) in [5.41, 5.74) is 8.09. The largest absolute Gasteiger partial charge is 0.399 e. The molecular weight excluding hydrogens is 218 g/mol. The molecule has 6 heteroatoms. The zero-order valence-corrected chi connectivity index (χ0v) is 9.58. The van der Waals surface area contributed by atoms with Gasteiger partial charge in [0.15, 0.2) is 0 Å². The van der Waals surface area contributed by atoms with Crippen molar-refractivity contribution in [1.82, 2.24) is 15.3 Å². The van der Waals surface area contributed by atoms with Crippen molar-refractivity contribution in [3.05, 3.63) is 18.2 Å².